The number of benzene rings is 1. The topological polar surface area (TPSA) is 43.8 Å². The quantitative estimate of drug-likeness (QED) is 0.879. The minimum absolute atomic E-state index is 0.254. The minimum Gasteiger partial charge on any atom is -0.383 e. The van der Waals surface area contributed by atoms with Crippen LogP contribution < -0.4 is 5.73 Å². The van der Waals surface area contributed by atoms with E-state index < -0.39 is 11.7 Å². The predicted molar refractivity (Wildman–Crippen MR) is 60.7 cm³/mol. The van der Waals surface area contributed by atoms with Gasteiger partial charge in [0.15, 0.2) is 0 Å². The van der Waals surface area contributed by atoms with E-state index in [4.69, 9.17) is 5.73 Å². The van der Waals surface area contributed by atoms with Crippen LogP contribution in [-0.2, 0) is 6.18 Å². The van der Waals surface area contributed by atoms with E-state index in [9.17, 15) is 13.2 Å². The summed E-state index contributed by atoms with van der Waals surface area (Å²) in [5.41, 5.74) is 5.20. The van der Waals surface area contributed by atoms with E-state index in [0.29, 0.717) is 4.47 Å². The van der Waals surface area contributed by atoms with E-state index in [1.54, 1.807) is 0 Å². The predicted octanol–water partition coefficient (Wildman–Crippen LogP) is 3.24. The van der Waals surface area contributed by atoms with Crippen LogP contribution in [0.1, 0.15) is 5.56 Å². The molecule has 0 aliphatic heterocycles. The number of aromatic nitrogens is 2. The van der Waals surface area contributed by atoms with Crippen molar-refractivity contribution < 1.29 is 13.2 Å². The summed E-state index contributed by atoms with van der Waals surface area (Å²) in [6, 6.07) is 4.81. The minimum atomic E-state index is -4.38. The van der Waals surface area contributed by atoms with Gasteiger partial charge in [0.1, 0.15) is 5.82 Å². The second-order valence-electron chi connectivity index (χ2n) is 3.34. The summed E-state index contributed by atoms with van der Waals surface area (Å²) in [7, 11) is 0. The Morgan fingerprint density at radius 1 is 1.29 bits per heavy atom. The van der Waals surface area contributed by atoms with Crippen molar-refractivity contribution in [1.29, 1.82) is 0 Å². The molecule has 0 saturated carbocycles. The third-order valence-electron chi connectivity index (χ3n) is 2.18. The van der Waals surface area contributed by atoms with E-state index in [-0.39, 0.29) is 11.5 Å². The van der Waals surface area contributed by atoms with E-state index in [1.807, 2.05) is 0 Å². The van der Waals surface area contributed by atoms with E-state index >= 15 is 0 Å². The molecule has 0 amide bonds. The molecule has 0 atom stereocenters. The highest BCUT2D eigenvalue weighted by molar-refractivity contribution is 9.10. The van der Waals surface area contributed by atoms with Crippen LogP contribution in [0, 0.1) is 0 Å². The first-order chi connectivity index (χ1) is 7.89. The molecule has 1 heterocycles. The Kier molecular flexibility index (Phi) is 2.86. The number of halogens is 4. The number of nitrogens with two attached hydrogens (primary N) is 1. The van der Waals surface area contributed by atoms with Crippen LogP contribution in [0.2, 0.25) is 0 Å². The van der Waals surface area contributed by atoms with Gasteiger partial charge in [0.2, 0.25) is 0 Å². The molecule has 0 fully saturated rings. The lowest BCUT2D eigenvalue weighted by molar-refractivity contribution is -0.137. The van der Waals surface area contributed by atoms with Crippen molar-refractivity contribution in [3.63, 3.8) is 0 Å². The lowest BCUT2D eigenvalue weighted by Crippen LogP contribution is -2.07. The zero-order valence-electron chi connectivity index (χ0n) is 8.37. The van der Waals surface area contributed by atoms with Crippen LogP contribution in [0.15, 0.2) is 34.9 Å². The van der Waals surface area contributed by atoms with Gasteiger partial charge in [-0.1, -0.05) is 6.07 Å². The number of hydrogen-bond donors (Lipinski definition) is 1. The summed E-state index contributed by atoms with van der Waals surface area (Å²) in [6.07, 6.45) is -2.95. The van der Waals surface area contributed by atoms with Crippen LogP contribution in [0.4, 0.5) is 19.0 Å². The Morgan fingerprint density at radius 3 is 2.53 bits per heavy atom. The van der Waals surface area contributed by atoms with Gasteiger partial charge in [-0.2, -0.15) is 18.3 Å². The third-order valence-corrected chi connectivity index (χ3v) is 2.79. The normalized spacial score (nSPS) is 11.8. The monoisotopic (exact) mass is 305 g/mol. The summed E-state index contributed by atoms with van der Waals surface area (Å²) >= 11 is 3.14. The standard InChI is InChI=1S/C10H7BrF3N3/c11-8-5-16-17(9(8)15)7-3-1-2-6(4-7)10(12,13)14/h1-5H,15H2. The van der Waals surface area contributed by atoms with Gasteiger partial charge in [-0.05, 0) is 34.1 Å². The molecule has 0 bridgehead atoms. The Labute approximate surface area is 103 Å². The summed E-state index contributed by atoms with van der Waals surface area (Å²) in [4.78, 5) is 0. The molecule has 3 nitrogen and oxygen atoms in total. The number of anilines is 1. The van der Waals surface area contributed by atoms with Gasteiger partial charge in [-0.25, -0.2) is 4.68 Å². The molecule has 2 rings (SSSR count). The van der Waals surface area contributed by atoms with Crippen LogP contribution in [-0.4, -0.2) is 9.78 Å². The fourth-order valence-corrected chi connectivity index (χ4v) is 1.62. The first kappa shape index (κ1) is 12.0. The molecule has 0 aliphatic carbocycles. The van der Waals surface area contributed by atoms with Crippen molar-refractivity contribution in [1.82, 2.24) is 9.78 Å². The van der Waals surface area contributed by atoms with Crippen molar-refractivity contribution in [2.45, 2.75) is 6.18 Å². The number of nitrogens with zero attached hydrogens (tertiary/aromatic N) is 2. The van der Waals surface area contributed by atoms with Gasteiger partial charge in [-0.15, -0.1) is 0 Å². The Morgan fingerprint density at radius 2 is 2.00 bits per heavy atom. The van der Waals surface area contributed by atoms with Crippen molar-refractivity contribution in [3.8, 4) is 5.69 Å². The highest BCUT2D eigenvalue weighted by Gasteiger charge is 2.30. The van der Waals surface area contributed by atoms with Crippen LogP contribution in [0.3, 0.4) is 0 Å². The SMILES string of the molecule is Nc1c(Br)cnn1-c1cccc(C(F)(F)F)c1. The zero-order valence-corrected chi connectivity index (χ0v) is 9.96. The lowest BCUT2D eigenvalue weighted by Gasteiger charge is -2.09. The molecule has 0 unspecified atom stereocenters. The maximum atomic E-state index is 12.5. The molecule has 0 aliphatic rings. The number of alkyl halides is 3. The van der Waals surface area contributed by atoms with Crippen molar-refractivity contribution in [2.75, 3.05) is 5.73 Å². The van der Waals surface area contributed by atoms with Gasteiger partial charge in [-0.3, -0.25) is 0 Å². The van der Waals surface area contributed by atoms with Crippen LogP contribution >= 0.6 is 15.9 Å². The highest BCUT2D eigenvalue weighted by atomic mass is 79.9. The van der Waals surface area contributed by atoms with Crippen molar-refractivity contribution >= 4 is 21.7 Å². The highest BCUT2D eigenvalue weighted by Crippen LogP contribution is 2.31. The summed E-state index contributed by atoms with van der Waals surface area (Å²) in [5, 5.41) is 3.89. The van der Waals surface area contributed by atoms with Crippen molar-refractivity contribution in [3.05, 3.63) is 40.5 Å². The molecule has 7 heteroatoms. The molecular weight excluding hydrogens is 299 g/mol. The summed E-state index contributed by atoms with van der Waals surface area (Å²) in [5.74, 6) is 0.254. The van der Waals surface area contributed by atoms with Crippen LogP contribution in [0.25, 0.3) is 5.69 Å². The van der Waals surface area contributed by atoms with Crippen molar-refractivity contribution in [2.24, 2.45) is 0 Å². The second kappa shape index (κ2) is 4.06. The largest absolute Gasteiger partial charge is 0.416 e. The Hall–Kier alpha value is -1.50. The van der Waals surface area contributed by atoms with E-state index in [0.717, 1.165) is 12.1 Å². The molecule has 90 valence electrons. The van der Waals surface area contributed by atoms with E-state index in [2.05, 4.69) is 21.0 Å². The Bertz CT molecular complexity index is 548. The third kappa shape index (κ3) is 2.28. The maximum absolute atomic E-state index is 12.5. The van der Waals surface area contributed by atoms with Gasteiger partial charge in [0.05, 0.1) is 21.9 Å². The smallest absolute Gasteiger partial charge is 0.383 e. The average Bonchev–Trinajstić information content (AvgIpc) is 2.59. The molecule has 2 aromatic rings. The molecule has 0 saturated heterocycles. The number of hydrogen-bond acceptors (Lipinski definition) is 2. The van der Waals surface area contributed by atoms with Gasteiger partial charge < -0.3 is 5.73 Å². The van der Waals surface area contributed by atoms with E-state index in [1.165, 1.54) is 23.0 Å². The summed E-state index contributed by atoms with van der Waals surface area (Å²) in [6.45, 7) is 0. The molecular formula is C10H7BrF3N3. The number of rotatable bonds is 1. The first-order valence-electron chi connectivity index (χ1n) is 4.56. The second-order valence-corrected chi connectivity index (χ2v) is 4.19. The lowest BCUT2D eigenvalue weighted by atomic mass is 10.2. The zero-order chi connectivity index (χ0) is 12.6. The fraction of sp³-hybridized carbons (Fsp3) is 0.100. The molecule has 17 heavy (non-hydrogen) atoms. The van der Waals surface area contributed by atoms with Crippen LogP contribution in [0.5, 0.6) is 0 Å². The molecule has 1 aromatic carbocycles. The maximum Gasteiger partial charge on any atom is 0.416 e. The average molecular weight is 306 g/mol. The van der Waals surface area contributed by atoms with Gasteiger partial charge in [0.25, 0.3) is 0 Å². The molecule has 2 N–H and O–H groups in total. The molecule has 0 radical (unpaired) electrons. The molecule has 0 spiro atoms. The first-order valence-corrected chi connectivity index (χ1v) is 5.35. The summed E-state index contributed by atoms with van der Waals surface area (Å²) < 4.78 is 39.3. The molecule has 1 aromatic heterocycles. The van der Waals surface area contributed by atoms with Gasteiger partial charge in [0, 0.05) is 0 Å². The Balaban J connectivity index is 2.51. The fourth-order valence-electron chi connectivity index (χ4n) is 1.36. The van der Waals surface area contributed by atoms with Gasteiger partial charge >= 0.3 is 6.18 Å². The number of nitrogen functional groups attached to an aromatic ring is 1.